The van der Waals surface area contributed by atoms with Crippen LogP contribution in [-0.4, -0.2) is 14.8 Å². The Balaban J connectivity index is 3.05. The number of hydrogen-bond donors (Lipinski definition) is 0. The van der Waals surface area contributed by atoms with Crippen LogP contribution in [0.4, 0.5) is 13.2 Å². The van der Waals surface area contributed by atoms with Gasteiger partial charge in [-0.05, 0) is 0 Å². The van der Waals surface area contributed by atoms with Gasteiger partial charge >= 0.3 is 6.18 Å². The highest BCUT2D eigenvalue weighted by molar-refractivity contribution is 4.95. The SMILES string of the molecule is CCc1nc(C(F)(F)F)nn1C. The fourth-order valence-corrected chi connectivity index (χ4v) is 0.845. The zero-order chi connectivity index (χ0) is 9.35. The highest BCUT2D eigenvalue weighted by Gasteiger charge is 2.36. The monoisotopic (exact) mass is 179 g/mol. The molecule has 0 spiro atoms. The summed E-state index contributed by atoms with van der Waals surface area (Å²) in [4.78, 5) is 3.33. The van der Waals surface area contributed by atoms with Crippen LogP contribution in [0.25, 0.3) is 0 Å². The maximum Gasteiger partial charge on any atom is 0.453 e. The molecule has 0 radical (unpaired) electrons. The Morgan fingerprint density at radius 2 is 2.00 bits per heavy atom. The van der Waals surface area contributed by atoms with Crippen molar-refractivity contribution in [3.05, 3.63) is 11.6 Å². The Morgan fingerprint density at radius 1 is 1.42 bits per heavy atom. The van der Waals surface area contributed by atoms with Crippen LogP contribution in [-0.2, 0) is 19.6 Å². The number of alkyl halides is 3. The molecule has 0 aliphatic heterocycles. The van der Waals surface area contributed by atoms with E-state index in [1.165, 1.54) is 7.05 Å². The van der Waals surface area contributed by atoms with Crippen LogP contribution >= 0.6 is 0 Å². The van der Waals surface area contributed by atoms with Gasteiger partial charge < -0.3 is 0 Å². The van der Waals surface area contributed by atoms with Gasteiger partial charge in [0.1, 0.15) is 5.82 Å². The molecule has 0 unspecified atom stereocenters. The summed E-state index contributed by atoms with van der Waals surface area (Å²) in [6, 6.07) is 0. The number of hydrogen-bond acceptors (Lipinski definition) is 2. The molecule has 0 aromatic carbocycles. The van der Waals surface area contributed by atoms with E-state index < -0.39 is 12.0 Å². The summed E-state index contributed by atoms with van der Waals surface area (Å²) in [6.07, 6.45) is -4.00. The quantitative estimate of drug-likeness (QED) is 0.652. The molecular formula is C6H8F3N3. The molecule has 1 rings (SSSR count). The largest absolute Gasteiger partial charge is 0.453 e. The molecule has 0 aliphatic carbocycles. The summed E-state index contributed by atoms with van der Waals surface area (Å²) in [7, 11) is 1.45. The molecule has 0 fully saturated rings. The van der Waals surface area contributed by atoms with Gasteiger partial charge in [-0.1, -0.05) is 6.92 Å². The minimum absolute atomic E-state index is 0.335. The third kappa shape index (κ3) is 1.57. The Morgan fingerprint density at radius 3 is 2.25 bits per heavy atom. The second-order valence-electron chi connectivity index (χ2n) is 2.33. The average molecular weight is 179 g/mol. The summed E-state index contributed by atoms with van der Waals surface area (Å²) in [5.41, 5.74) is 0. The van der Waals surface area contributed by atoms with E-state index in [9.17, 15) is 13.2 Å². The summed E-state index contributed by atoms with van der Waals surface area (Å²) in [5, 5.41) is 3.23. The lowest BCUT2D eigenvalue weighted by Gasteiger charge is -1.97. The van der Waals surface area contributed by atoms with Gasteiger partial charge in [-0.15, -0.1) is 5.10 Å². The Bertz CT molecular complexity index is 276. The lowest BCUT2D eigenvalue weighted by atomic mass is 10.4. The van der Waals surface area contributed by atoms with Crippen molar-refractivity contribution in [1.82, 2.24) is 14.8 Å². The maximum absolute atomic E-state index is 12.0. The third-order valence-electron chi connectivity index (χ3n) is 1.42. The van der Waals surface area contributed by atoms with Crippen molar-refractivity contribution in [3.8, 4) is 0 Å². The fraction of sp³-hybridized carbons (Fsp3) is 0.667. The second kappa shape index (κ2) is 2.76. The fourth-order valence-electron chi connectivity index (χ4n) is 0.845. The van der Waals surface area contributed by atoms with Crippen LogP contribution in [0.3, 0.4) is 0 Å². The molecule has 0 saturated heterocycles. The van der Waals surface area contributed by atoms with Crippen LogP contribution in [0.1, 0.15) is 18.6 Å². The number of aryl methyl sites for hydroxylation is 2. The van der Waals surface area contributed by atoms with Gasteiger partial charge in [0.15, 0.2) is 0 Å². The average Bonchev–Trinajstić information content (AvgIpc) is 2.29. The summed E-state index contributed by atoms with van der Waals surface area (Å²) in [6.45, 7) is 1.73. The topological polar surface area (TPSA) is 30.7 Å². The lowest BCUT2D eigenvalue weighted by molar-refractivity contribution is -0.145. The van der Waals surface area contributed by atoms with Crippen LogP contribution < -0.4 is 0 Å². The Hall–Kier alpha value is -1.07. The first-order valence-electron chi connectivity index (χ1n) is 3.42. The van der Waals surface area contributed by atoms with E-state index >= 15 is 0 Å². The summed E-state index contributed by atoms with van der Waals surface area (Å²) in [5.74, 6) is -0.732. The number of aromatic nitrogens is 3. The van der Waals surface area contributed by atoms with Crippen molar-refractivity contribution >= 4 is 0 Å². The summed E-state index contributed by atoms with van der Waals surface area (Å²) < 4.78 is 37.1. The van der Waals surface area contributed by atoms with E-state index in [0.29, 0.717) is 12.2 Å². The number of halogens is 3. The molecule has 0 bridgehead atoms. The van der Waals surface area contributed by atoms with Crippen LogP contribution in [0.2, 0.25) is 0 Å². The van der Waals surface area contributed by atoms with Gasteiger partial charge in [0.05, 0.1) is 0 Å². The Labute approximate surface area is 67.2 Å². The van der Waals surface area contributed by atoms with Crippen LogP contribution in [0, 0.1) is 0 Å². The van der Waals surface area contributed by atoms with Gasteiger partial charge in [-0.3, -0.25) is 4.68 Å². The normalized spacial score (nSPS) is 12.1. The smallest absolute Gasteiger partial charge is 0.253 e. The first-order valence-corrected chi connectivity index (χ1v) is 3.42. The van der Waals surface area contributed by atoms with Gasteiger partial charge in [-0.25, -0.2) is 4.98 Å². The van der Waals surface area contributed by atoms with Crippen LogP contribution in [0.15, 0.2) is 0 Å². The summed E-state index contributed by atoms with van der Waals surface area (Å²) >= 11 is 0. The lowest BCUT2D eigenvalue weighted by Crippen LogP contribution is -2.08. The first kappa shape index (κ1) is 9.02. The van der Waals surface area contributed by atoms with Crippen LogP contribution in [0.5, 0.6) is 0 Å². The molecule has 0 aliphatic rings. The highest BCUT2D eigenvalue weighted by atomic mass is 19.4. The number of nitrogens with zero attached hydrogens (tertiary/aromatic N) is 3. The molecule has 0 atom stereocenters. The van der Waals surface area contributed by atoms with E-state index in [1.54, 1.807) is 6.92 Å². The van der Waals surface area contributed by atoms with Crippen molar-refractivity contribution in [2.75, 3.05) is 0 Å². The number of rotatable bonds is 1. The second-order valence-corrected chi connectivity index (χ2v) is 2.33. The predicted octanol–water partition coefficient (Wildman–Crippen LogP) is 1.40. The standard InChI is InChI=1S/C6H8F3N3/c1-3-4-10-5(6(7,8)9)11-12(4)2/h3H2,1-2H3. The molecule has 0 saturated carbocycles. The van der Waals surface area contributed by atoms with E-state index in [1.807, 2.05) is 0 Å². The molecule has 0 amide bonds. The van der Waals surface area contributed by atoms with Crippen molar-refractivity contribution in [2.45, 2.75) is 19.5 Å². The van der Waals surface area contributed by atoms with E-state index in [4.69, 9.17) is 0 Å². The third-order valence-corrected chi connectivity index (χ3v) is 1.42. The van der Waals surface area contributed by atoms with Gasteiger partial charge in [0.2, 0.25) is 0 Å². The maximum atomic E-state index is 12.0. The molecule has 3 nitrogen and oxygen atoms in total. The minimum atomic E-state index is -4.44. The molecule has 68 valence electrons. The zero-order valence-corrected chi connectivity index (χ0v) is 6.68. The van der Waals surface area contributed by atoms with Gasteiger partial charge in [-0.2, -0.15) is 13.2 Å². The van der Waals surface area contributed by atoms with Crippen molar-refractivity contribution in [3.63, 3.8) is 0 Å². The van der Waals surface area contributed by atoms with Crippen molar-refractivity contribution < 1.29 is 13.2 Å². The van der Waals surface area contributed by atoms with E-state index in [-0.39, 0.29) is 0 Å². The molecular weight excluding hydrogens is 171 g/mol. The molecule has 0 N–H and O–H groups in total. The molecule has 1 aromatic rings. The molecule has 12 heavy (non-hydrogen) atoms. The molecule has 6 heteroatoms. The minimum Gasteiger partial charge on any atom is -0.253 e. The highest BCUT2D eigenvalue weighted by Crippen LogP contribution is 2.25. The Kier molecular flexibility index (Phi) is 2.08. The first-order chi connectivity index (χ1) is 5.45. The molecule has 1 heterocycles. The van der Waals surface area contributed by atoms with Gasteiger partial charge in [0, 0.05) is 13.5 Å². The van der Waals surface area contributed by atoms with Crippen molar-refractivity contribution in [2.24, 2.45) is 7.05 Å². The molecule has 1 aromatic heterocycles. The zero-order valence-electron chi connectivity index (χ0n) is 6.68. The predicted molar refractivity (Wildman–Crippen MR) is 35.4 cm³/mol. The van der Waals surface area contributed by atoms with E-state index in [2.05, 4.69) is 10.1 Å². The van der Waals surface area contributed by atoms with Crippen molar-refractivity contribution in [1.29, 1.82) is 0 Å². The van der Waals surface area contributed by atoms with Gasteiger partial charge in [0.25, 0.3) is 5.82 Å². The van der Waals surface area contributed by atoms with E-state index in [0.717, 1.165) is 4.68 Å².